The fourth-order valence-corrected chi connectivity index (χ4v) is 1.97. The van der Waals surface area contributed by atoms with Crippen molar-refractivity contribution in [2.45, 2.75) is 20.4 Å². The molecular formula is C15H24N2O3. The molecule has 0 spiro atoms. The van der Waals surface area contributed by atoms with Gasteiger partial charge in [0.15, 0.2) is 0 Å². The van der Waals surface area contributed by atoms with Crippen molar-refractivity contribution in [2.75, 3.05) is 33.9 Å². The second-order valence-electron chi connectivity index (χ2n) is 4.39. The number of ether oxygens (including phenoxy) is 2. The molecule has 0 aliphatic carbocycles. The van der Waals surface area contributed by atoms with Crippen molar-refractivity contribution >= 4 is 5.91 Å². The molecule has 0 aromatic heterocycles. The maximum atomic E-state index is 11.9. The molecule has 0 bridgehead atoms. The minimum absolute atomic E-state index is 0.116. The number of carbonyl (C=O) groups excluding carboxylic acids is 1. The third kappa shape index (κ3) is 4.74. The van der Waals surface area contributed by atoms with Crippen molar-refractivity contribution in [3.05, 3.63) is 23.8 Å². The summed E-state index contributed by atoms with van der Waals surface area (Å²) in [5, 5.41) is 3.15. The predicted molar refractivity (Wildman–Crippen MR) is 79.2 cm³/mol. The second kappa shape index (κ2) is 8.43. The molecule has 0 saturated heterocycles. The van der Waals surface area contributed by atoms with Crippen LogP contribution < -0.4 is 14.8 Å². The van der Waals surface area contributed by atoms with Crippen molar-refractivity contribution in [2.24, 2.45) is 0 Å². The number of likely N-dealkylation sites (N-methyl/N-ethyl adjacent to an activating group) is 1. The van der Waals surface area contributed by atoms with E-state index in [4.69, 9.17) is 9.47 Å². The summed E-state index contributed by atoms with van der Waals surface area (Å²) in [6, 6.07) is 5.68. The number of methoxy groups -OCH3 is 2. The zero-order chi connectivity index (χ0) is 15.0. The van der Waals surface area contributed by atoms with E-state index in [0.717, 1.165) is 30.2 Å². The number of rotatable bonds is 8. The summed E-state index contributed by atoms with van der Waals surface area (Å²) in [5.41, 5.74) is 1.02. The van der Waals surface area contributed by atoms with Gasteiger partial charge in [-0.3, -0.25) is 4.79 Å². The first-order chi connectivity index (χ1) is 9.64. The molecular weight excluding hydrogens is 256 g/mol. The monoisotopic (exact) mass is 280 g/mol. The zero-order valence-corrected chi connectivity index (χ0v) is 12.7. The Kier molecular flexibility index (Phi) is 6.87. The highest BCUT2D eigenvalue weighted by Crippen LogP contribution is 2.22. The van der Waals surface area contributed by atoms with Crippen LogP contribution in [0.2, 0.25) is 0 Å². The van der Waals surface area contributed by atoms with E-state index in [1.807, 2.05) is 32.0 Å². The SMILES string of the molecule is CCN(CC)C(=O)CNCc1cc(OC)cc(OC)c1. The highest BCUT2D eigenvalue weighted by Gasteiger charge is 2.09. The summed E-state index contributed by atoms with van der Waals surface area (Å²) in [6.07, 6.45) is 0. The van der Waals surface area contributed by atoms with Crippen molar-refractivity contribution in [1.82, 2.24) is 10.2 Å². The lowest BCUT2D eigenvalue weighted by Gasteiger charge is -2.18. The topological polar surface area (TPSA) is 50.8 Å². The van der Waals surface area contributed by atoms with Gasteiger partial charge in [-0.1, -0.05) is 0 Å². The van der Waals surface area contributed by atoms with Gasteiger partial charge in [0.05, 0.1) is 20.8 Å². The van der Waals surface area contributed by atoms with Crippen LogP contribution in [-0.2, 0) is 11.3 Å². The smallest absolute Gasteiger partial charge is 0.236 e. The molecule has 0 unspecified atom stereocenters. The fraction of sp³-hybridized carbons (Fsp3) is 0.533. The van der Waals surface area contributed by atoms with Crippen molar-refractivity contribution in [3.63, 3.8) is 0 Å². The number of nitrogens with zero attached hydrogens (tertiary/aromatic N) is 1. The third-order valence-electron chi connectivity index (χ3n) is 3.13. The summed E-state index contributed by atoms with van der Waals surface area (Å²) in [7, 11) is 3.24. The quantitative estimate of drug-likeness (QED) is 0.787. The molecule has 112 valence electrons. The molecule has 1 aromatic carbocycles. The van der Waals surface area contributed by atoms with E-state index < -0.39 is 0 Å². The average Bonchev–Trinajstić information content (AvgIpc) is 2.48. The van der Waals surface area contributed by atoms with E-state index in [1.165, 1.54) is 0 Å². The number of hydrogen-bond donors (Lipinski definition) is 1. The van der Waals surface area contributed by atoms with Gasteiger partial charge in [0.2, 0.25) is 5.91 Å². The summed E-state index contributed by atoms with van der Waals surface area (Å²) in [5.74, 6) is 1.61. The summed E-state index contributed by atoms with van der Waals surface area (Å²) >= 11 is 0. The number of nitrogens with one attached hydrogen (secondary N) is 1. The predicted octanol–water partition coefficient (Wildman–Crippen LogP) is 1.66. The minimum atomic E-state index is 0.116. The van der Waals surface area contributed by atoms with Crippen LogP contribution >= 0.6 is 0 Å². The largest absolute Gasteiger partial charge is 0.497 e. The first-order valence-electron chi connectivity index (χ1n) is 6.85. The summed E-state index contributed by atoms with van der Waals surface area (Å²) in [6.45, 7) is 6.37. The van der Waals surface area contributed by atoms with E-state index in [-0.39, 0.29) is 5.91 Å². The van der Waals surface area contributed by atoms with Gasteiger partial charge >= 0.3 is 0 Å². The third-order valence-corrected chi connectivity index (χ3v) is 3.13. The highest BCUT2D eigenvalue weighted by atomic mass is 16.5. The minimum Gasteiger partial charge on any atom is -0.497 e. The molecule has 5 nitrogen and oxygen atoms in total. The molecule has 0 radical (unpaired) electrons. The molecule has 0 aliphatic heterocycles. The summed E-state index contributed by atoms with van der Waals surface area (Å²) in [4.78, 5) is 13.7. The number of carbonyl (C=O) groups is 1. The van der Waals surface area contributed by atoms with Gasteiger partial charge in [0, 0.05) is 25.7 Å². The zero-order valence-electron chi connectivity index (χ0n) is 12.7. The van der Waals surface area contributed by atoms with Crippen molar-refractivity contribution in [1.29, 1.82) is 0 Å². The molecule has 20 heavy (non-hydrogen) atoms. The maximum Gasteiger partial charge on any atom is 0.236 e. The first kappa shape index (κ1) is 16.3. The van der Waals surface area contributed by atoms with Crippen LogP contribution in [0.15, 0.2) is 18.2 Å². The van der Waals surface area contributed by atoms with Crippen molar-refractivity contribution < 1.29 is 14.3 Å². The van der Waals surface area contributed by atoms with E-state index in [0.29, 0.717) is 13.1 Å². The number of amides is 1. The Balaban J connectivity index is 2.55. The Morgan fingerprint density at radius 2 is 1.65 bits per heavy atom. The van der Waals surface area contributed by atoms with E-state index in [2.05, 4.69) is 5.32 Å². The Morgan fingerprint density at radius 3 is 2.10 bits per heavy atom. The number of hydrogen-bond acceptors (Lipinski definition) is 4. The van der Waals surface area contributed by atoms with Gasteiger partial charge in [-0.15, -0.1) is 0 Å². The molecule has 0 aliphatic rings. The Morgan fingerprint density at radius 1 is 1.10 bits per heavy atom. The van der Waals surface area contributed by atoms with E-state index in [9.17, 15) is 4.79 Å². The molecule has 5 heteroatoms. The van der Waals surface area contributed by atoms with Crippen LogP contribution in [0.5, 0.6) is 11.5 Å². The second-order valence-corrected chi connectivity index (χ2v) is 4.39. The Labute approximate surface area is 120 Å². The standard InChI is InChI=1S/C15H24N2O3/c1-5-17(6-2)15(18)11-16-10-12-7-13(19-3)9-14(8-12)20-4/h7-9,16H,5-6,10-11H2,1-4H3. The van der Waals surface area contributed by atoms with E-state index in [1.54, 1.807) is 19.1 Å². The van der Waals surface area contributed by atoms with Gasteiger partial charge in [-0.2, -0.15) is 0 Å². The van der Waals surface area contributed by atoms with Crippen LogP contribution in [-0.4, -0.2) is 44.7 Å². The number of benzene rings is 1. The van der Waals surface area contributed by atoms with Crippen LogP contribution in [0, 0.1) is 0 Å². The maximum absolute atomic E-state index is 11.9. The molecule has 1 rings (SSSR count). The molecule has 1 amide bonds. The Bertz CT molecular complexity index is 409. The molecule has 1 aromatic rings. The highest BCUT2D eigenvalue weighted by molar-refractivity contribution is 5.78. The van der Waals surface area contributed by atoms with Gasteiger partial charge in [0.1, 0.15) is 11.5 Å². The van der Waals surface area contributed by atoms with Gasteiger partial charge in [-0.05, 0) is 31.5 Å². The van der Waals surface area contributed by atoms with Crippen molar-refractivity contribution in [3.8, 4) is 11.5 Å². The van der Waals surface area contributed by atoms with Gasteiger partial charge < -0.3 is 19.7 Å². The van der Waals surface area contributed by atoms with E-state index >= 15 is 0 Å². The lowest BCUT2D eigenvalue weighted by molar-refractivity contribution is -0.129. The Hall–Kier alpha value is -1.75. The first-order valence-corrected chi connectivity index (χ1v) is 6.85. The lowest BCUT2D eigenvalue weighted by atomic mass is 10.2. The fourth-order valence-electron chi connectivity index (χ4n) is 1.97. The van der Waals surface area contributed by atoms with Crippen LogP contribution in [0.4, 0.5) is 0 Å². The molecule has 0 fully saturated rings. The van der Waals surface area contributed by atoms with Crippen LogP contribution in [0.1, 0.15) is 19.4 Å². The molecule has 0 saturated carbocycles. The van der Waals surface area contributed by atoms with Gasteiger partial charge in [0.25, 0.3) is 0 Å². The molecule has 1 N–H and O–H groups in total. The lowest BCUT2D eigenvalue weighted by Crippen LogP contribution is -2.37. The molecule has 0 heterocycles. The van der Waals surface area contributed by atoms with Gasteiger partial charge in [-0.25, -0.2) is 0 Å². The summed E-state index contributed by atoms with van der Waals surface area (Å²) < 4.78 is 10.4. The van der Waals surface area contributed by atoms with Crippen LogP contribution in [0.3, 0.4) is 0 Å². The van der Waals surface area contributed by atoms with Crippen LogP contribution in [0.25, 0.3) is 0 Å². The average molecular weight is 280 g/mol. The normalized spacial score (nSPS) is 10.2. The molecule has 0 atom stereocenters.